The second-order valence-corrected chi connectivity index (χ2v) is 4.87. The van der Waals surface area contributed by atoms with Crippen molar-refractivity contribution in [2.45, 2.75) is 0 Å². The number of nitro benzene ring substituents is 2. The molecule has 2 rings (SSSR count). The molecule has 0 saturated heterocycles. The molecule has 0 unspecified atom stereocenters. The van der Waals surface area contributed by atoms with Crippen molar-refractivity contribution in [3.63, 3.8) is 0 Å². The van der Waals surface area contributed by atoms with Gasteiger partial charge in [0.1, 0.15) is 10.8 Å². The third-order valence-electron chi connectivity index (χ3n) is 3.05. The molecular formula is C14H10ClN3O6. The third-order valence-corrected chi connectivity index (χ3v) is 3.44. The van der Waals surface area contributed by atoms with Gasteiger partial charge >= 0.3 is 0 Å². The number of halogens is 1. The number of para-hydroxylation sites is 2. The lowest BCUT2D eigenvalue weighted by molar-refractivity contribution is -0.394. The fourth-order valence-corrected chi connectivity index (χ4v) is 2.20. The van der Waals surface area contributed by atoms with E-state index < -0.39 is 32.2 Å². The average molecular weight is 352 g/mol. The van der Waals surface area contributed by atoms with Gasteiger partial charge in [-0.1, -0.05) is 23.7 Å². The molecule has 2 aromatic carbocycles. The fourth-order valence-electron chi connectivity index (χ4n) is 1.94. The molecular weight excluding hydrogens is 342 g/mol. The average Bonchev–Trinajstić information content (AvgIpc) is 2.54. The van der Waals surface area contributed by atoms with Crippen LogP contribution in [-0.4, -0.2) is 22.9 Å². The number of nitrogens with zero attached hydrogens (tertiary/aromatic N) is 2. The third kappa shape index (κ3) is 3.41. The summed E-state index contributed by atoms with van der Waals surface area (Å²) in [5.74, 6) is -0.488. The second-order valence-electron chi connectivity index (χ2n) is 4.50. The Morgan fingerprint density at radius 3 is 2.42 bits per heavy atom. The molecule has 0 aliphatic carbocycles. The Bertz CT molecular complexity index is 839. The lowest BCUT2D eigenvalue weighted by Crippen LogP contribution is -2.14. The quantitative estimate of drug-likeness (QED) is 0.650. The molecule has 0 aromatic heterocycles. The highest BCUT2D eigenvalue weighted by atomic mass is 35.5. The van der Waals surface area contributed by atoms with E-state index in [9.17, 15) is 25.0 Å². The molecule has 9 nitrogen and oxygen atoms in total. The Hall–Kier alpha value is -3.20. The molecule has 0 saturated carbocycles. The predicted octanol–water partition coefficient (Wildman–Crippen LogP) is 3.42. The highest BCUT2D eigenvalue weighted by Gasteiger charge is 2.26. The molecule has 0 spiro atoms. The van der Waals surface area contributed by atoms with Crippen molar-refractivity contribution in [2.24, 2.45) is 0 Å². The van der Waals surface area contributed by atoms with Gasteiger partial charge in [-0.15, -0.1) is 0 Å². The maximum Gasteiger partial charge on any atom is 0.295 e. The summed E-state index contributed by atoms with van der Waals surface area (Å²) in [5, 5.41) is 23.9. The van der Waals surface area contributed by atoms with Gasteiger partial charge in [0.05, 0.1) is 34.3 Å². The van der Waals surface area contributed by atoms with Crippen LogP contribution in [0.3, 0.4) is 0 Å². The molecule has 0 aliphatic rings. The highest BCUT2D eigenvalue weighted by molar-refractivity contribution is 6.36. The number of carbonyl (C=O) groups excluding carboxylic acids is 1. The van der Waals surface area contributed by atoms with Crippen LogP contribution in [0.25, 0.3) is 0 Å². The zero-order valence-corrected chi connectivity index (χ0v) is 12.9. The van der Waals surface area contributed by atoms with Gasteiger partial charge in [-0.05, 0) is 12.1 Å². The number of nitrogens with one attached hydrogen (secondary N) is 1. The van der Waals surface area contributed by atoms with Gasteiger partial charge in [0.25, 0.3) is 17.3 Å². The van der Waals surface area contributed by atoms with Crippen LogP contribution in [0.15, 0.2) is 36.4 Å². The first-order chi connectivity index (χ1) is 11.3. The molecule has 0 aliphatic heterocycles. The Labute approximate surface area is 140 Å². The summed E-state index contributed by atoms with van der Waals surface area (Å²) >= 11 is 5.86. The number of ether oxygens (including phenoxy) is 1. The summed E-state index contributed by atoms with van der Waals surface area (Å²) < 4.78 is 5.07. The SMILES string of the molecule is COc1ccccc1NC(=O)c1cc([N+](=O)[O-])cc([N+](=O)[O-])c1Cl. The molecule has 124 valence electrons. The highest BCUT2D eigenvalue weighted by Crippen LogP contribution is 2.34. The van der Waals surface area contributed by atoms with E-state index in [0.717, 1.165) is 6.07 Å². The minimum atomic E-state index is -0.894. The molecule has 1 N–H and O–H groups in total. The second kappa shape index (κ2) is 6.92. The van der Waals surface area contributed by atoms with Gasteiger partial charge in [-0.25, -0.2) is 0 Å². The predicted molar refractivity (Wildman–Crippen MR) is 85.7 cm³/mol. The number of hydrogen-bond acceptors (Lipinski definition) is 6. The number of amides is 1. The van der Waals surface area contributed by atoms with E-state index in [4.69, 9.17) is 16.3 Å². The summed E-state index contributed by atoms with van der Waals surface area (Å²) in [4.78, 5) is 32.5. The molecule has 24 heavy (non-hydrogen) atoms. The fraction of sp³-hybridized carbons (Fsp3) is 0.0714. The number of anilines is 1. The monoisotopic (exact) mass is 351 g/mol. The number of methoxy groups -OCH3 is 1. The maximum atomic E-state index is 12.4. The first-order valence-corrected chi connectivity index (χ1v) is 6.79. The van der Waals surface area contributed by atoms with Crippen molar-refractivity contribution in [3.05, 3.63) is 67.2 Å². The van der Waals surface area contributed by atoms with E-state index in [1.165, 1.54) is 13.2 Å². The molecule has 2 aromatic rings. The smallest absolute Gasteiger partial charge is 0.295 e. The van der Waals surface area contributed by atoms with Gasteiger partial charge in [0.15, 0.2) is 0 Å². The minimum Gasteiger partial charge on any atom is -0.495 e. The van der Waals surface area contributed by atoms with Gasteiger partial charge in [-0.2, -0.15) is 0 Å². The topological polar surface area (TPSA) is 125 Å². The Balaban J connectivity index is 2.48. The van der Waals surface area contributed by atoms with E-state index in [0.29, 0.717) is 11.8 Å². The van der Waals surface area contributed by atoms with Crippen LogP contribution < -0.4 is 10.1 Å². The summed E-state index contributed by atoms with van der Waals surface area (Å²) in [7, 11) is 1.40. The molecule has 0 atom stereocenters. The molecule has 1 amide bonds. The lowest BCUT2D eigenvalue weighted by atomic mass is 10.1. The largest absolute Gasteiger partial charge is 0.495 e. The number of benzene rings is 2. The van der Waals surface area contributed by atoms with E-state index >= 15 is 0 Å². The van der Waals surface area contributed by atoms with Crippen molar-refractivity contribution in [1.29, 1.82) is 0 Å². The number of nitro groups is 2. The van der Waals surface area contributed by atoms with Crippen molar-refractivity contribution in [2.75, 3.05) is 12.4 Å². The standard InChI is InChI=1S/C14H10ClN3O6/c1-24-12-5-3-2-4-10(12)16-14(19)9-6-8(17(20)21)7-11(13(9)15)18(22)23/h2-7H,1H3,(H,16,19). The maximum absolute atomic E-state index is 12.4. The van der Waals surface area contributed by atoms with Crippen molar-refractivity contribution < 1.29 is 19.4 Å². The number of non-ortho nitro benzene ring substituents is 1. The Kier molecular flexibility index (Phi) is 4.95. The minimum absolute atomic E-state index is 0.287. The van der Waals surface area contributed by atoms with Crippen LogP contribution in [-0.2, 0) is 0 Å². The van der Waals surface area contributed by atoms with Crippen LogP contribution in [0.2, 0.25) is 5.02 Å². The van der Waals surface area contributed by atoms with Crippen molar-refractivity contribution >= 4 is 34.6 Å². The van der Waals surface area contributed by atoms with E-state index in [1.54, 1.807) is 18.2 Å². The van der Waals surface area contributed by atoms with Crippen molar-refractivity contribution in [1.82, 2.24) is 0 Å². The van der Waals surface area contributed by atoms with Gasteiger partial charge in [-0.3, -0.25) is 25.0 Å². The van der Waals surface area contributed by atoms with E-state index in [2.05, 4.69) is 5.32 Å². The van der Waals surface area contributed by atoms with Crippen LogP contribution in [0.5, 0.6) is 5.75 Å². The van der Waals surface area contributed by atoms with Gasteiger partial charge in [0.2, 0.25) is 0 Å². The molecule has 0 heterocycles. The summed E-state index contributed by atoms with van der Waals surface area (Å²) in [6.45, 7) is 0. The molecule has 0 bridgehead atoms. The number of hydrogen-bond donors (Lipinski definition) is 1. The van der Waals surface area contributed by atoms with Crippen LogP contribution in [0.1, 0.15) is 10.4 Å². The van der Waals surface area contributed by atoms with Gasteiger partial charge in [0, 0.05) is 6.07 Å². The summed E-state index contributed by atoms with van der Waals surface area (Å²) in [6, 6.07) is 8.01. The summed E-state index contributed by atoms with van der Waals surface area (Å²) in [5.41, 5.74) is -1.44. The van der Waals surface area contributed by atoms with E-state index in [1.807, 2.05) is 0 Å². The first-order valence-electron chi connectivity index (χ1n) is 6.42. The molecule has 10 heteroatoms. The van der Waals surface area contributed by atoms with Crippen molar-refractivity contribution in [3.8, 4) is 5.75 Å². The Morgan fingerprint density at radius 1 is 1.17 bits per heavy atom. The molecule has 0 radical (unpaired) electrons. The van der Waals surface area contributed by atoms with Gasteiger partial charge < -0.3 is 10.1 Å². The van der Waals surface area contributed by atoms with Crippen LogP contribution in [0, 0.1) is 20.2 Å². The first kappa shape index (κ1) is 17.2. The zero-order chi connectivity index (χ0) is 17.9. The molecule has 0 fully saturated rings. The number of carbonyl (C=O) groups is 1. The normalized spacial score (nSPS) is 10.1. The summed E-state index contributed by atoms with van der Waals surface area (Å²) in [6.07, 6.45) is 0. The Morgan fingerprint density at radius 2 is 1.83 bits per heavy atom. The zero-order valence-electron chi connectivity index (χ0n) is 12.2. The lowest BCUT2D eigenvalue weighted by Gasteiger charge is -2.10. The van der Waals surface area contributed by atoms with Crippen LogP contribution >= 0.6 is 11.6 Å². The van der Waals surface area contributed by atoms with E-state index in [-0.39, 0.29) is 11.3 Å². The number of rotatable bonds is 5. The van der Waals surface area contributed by atoms with Crippen LogP contribution in [0.4, 0.5) is 17.1 Å².